The van der Waals surface area contributed by atoms with Crippen LogP contribution in [-0.4, -0.2) is 17.1 Å². The number of para-hydroxylation sites is 1. The summed E-state index contributed by atoms with van der Waals surface area (Å²) in [6, 6.07) is 9.30. The lowest BCUT2D eigenvalue weighted by molar-refractivity contribution is 0.102. The van der Waals surface area contributed by atoms with Crippen molar-refractivity contribution in [3.8, 4) is 0 Å². The highest BCUT2D eigenvalue weighted by Crippen LogP contribution is 2.25. The van der Waals surface area contributed by atoms with Crippen molar-refractivity contribution in [1.29, 1.82) is 0 Å². The van der Waals surface area contributed by atoms with Gasteiger partial charge in [0.25, 0.3) is 5.91 Å². The van der Waals surface area contributed by atoms with E-state index in [0.29, 0.717) is 16.9 Å². The van der Waals surface area contributed by atoms with Crippen molar-refractivity contribution in [1.82, 2.24) is 4.98 Å². The maximum atomic E-state index is 12.2. The molecule has 0 unspecified atom stereocenters. The molecule has 0 atom stereocenters. The minimum atomic E-state index is -0.196. The average molecular weight is 273 g/mol. The van der Waals surface area contributed by atoms with E-state index in [0.717, 1.165) is 10.6 Å². The number of nitrogens with one attached hydrogen (secondary N) is 1. The van der Waals surface area contributed by atoms with Gasteiger partial charge >= 0.3 is 0 Å². The first-order valence-corrected chi connectivity index (χ1v) is 7.01. The van der Waals surface area contributed by atoms with E-state index >= 15 is 0 Å². The maximum Gasteiger partial charge on any atom is 0.257 e. The van der Waals surface area contributed by atoms with E-state index in [-0.39, 0.29) is 5.91 Å². The number of aromatic nitrogens is 1. The van der Waals surface area contributed by atoms with Crippen LogP contribution in [0.1, 0.15) is 16.1 Å². The Morgan fingerprint density at radius 3 is 2.84 bits per heavy atom. The number of carbonyl (C=O) groups excluding carboxylic acids is 1. The number of nitrogens with zero attached hydrogens (tertiary/aromatic N) is 1. The molecule has 0 aliphatic carbocycles. The van der Waals surface area contributed by atoms with E-state index in [1.807, 2.05) is 30.5 Å². The van der Waals surface area contributed by atoms with Crippen LogP contribution in [0.25, 0.3) is 0 Å². The first-order valence-electron chi connectivity index (χ1n) is 5.78. The number of nitrogen functional groups attached to an aromatic ring is 1. The normalized spacial score (nSPS) is 10.2. The van der Waals surface area contributed by atoms with Crippen molar-refractivity contribution in [2.75, 3.05) is 17.3 Å². The van der Waals surface area contributed by atoms with Gasteiger partial charge in [-0.15, -0.1) is 11.8 Å². The zero-order valence-electron chi connectivity index (χ0n) is 10.8. The Labute approximate surface area is 116 Å². The van der Waals surface area contributed by atoms with Crippen LogP contribution in [0.5, 0.6) is 0 Å². The summed E-state index contributed by atoms with van der Waals surface area (Å²) in [5, 5.41) is 2.89. The highest BCUT2D eigenvalue weighted by atomic mass is 32.2. The van der Waals surface area contributed by atoms with Crippen molar-refractivity contribution in [2.45, 2.75) is 11.8 Å². The van der Waals surface area contributed by atoms with E-state index in [1.165, 1.54) is 0 Å². The van der Waals surface area contributed by atoms with Crippen LogP contribution in [0.4, 0.5) is 11.4 Å². The molecule has 19 heavy (non-hydrogen) atoms. The van der Waals surface area contributed by atoms with Crippen molar-refractivity contribution in [2.24, 2.45) is 0 Å². The molecule has 1 amide bonds. The molecule has 5 heteroatoms. The molecule has 0 aliphatic heterocycles. The van der Waals surface area contributed by atoms with Gasteiger partial charge in [0.05, 0.1) is 28.8 Å². The number of hydrogen-bond donors (Lipinski definition) is 2. The number of aryl methyl sites for hydroxylation is 1. The van der Waals surface area contributed by atoms with E-state index in [2.05, 4.69) is 10.3 Å². The van der Waals surface area contributed by atoms with Crippen molar-refractivity contribution >= 4 is 29.0 Å². The third-order valence-electron chi connectivity index (χ3n) is 2.71. The SMILES string of the molecule is CSc1ccccc1NC(=O)c1cc(N)cnc1C. The lowest BCUT2D eigenvalue weighted by Gasteiger charge is -2.10. The van der Waals surface area contributed by atoms with Crippen LogP contribution in [0.15, 0.2) is 41.4 Å². The van der Waals surface area contributed by atoms with E-state index in [1.54, 1.807) is 30.9 Å². The number of pyridine rings is 1. The molecule has 1 aromatic carbocycles. The smallest absolute Gasteiger partial charge is 0.257 e. The van der Waals surface area contributed by atoms with Crippen LogP contribution in [0.3, 0.4) is 0 Å². The molecular weight excluding hydrogens is 258 g/mol. The minimum absolute atomic E-state index is 0.196. The lowest BCUT2D eigenvalue weighted by atomic mass is 10.1. The Hall–Kier alpha value is -2.01. The van der Waals surface area contributed by atoms with Crippen molar-refractivity contribution in [3.63, 3.8) is 0 Å². The summed E-state index contributed by atoms with van der Waals surface area (Å²) in [7, 11) is 0. The predicted octanol–water partition coefficient (Wildman–Crippen LogP) is 2.95. The van der Waals surface area contributed by atoms with Gasteiger partial charge in [-0.1, -0.05) is 12.1 Å². The van der Waals surface area contributed by atoms with Gasteiger partial charge in [0.2, 0.25) is 0 Å². The second-order valence-corrected chi connectivity index (χ2v) is 4.90. The van der Waals surface area contributed by atoms with Gasteiger partial charge in [0, 0.05) is 4.90 Å². The molecule has 0 saturated carbocycles. The summed E-state index contributed by atoms with van der Waals surface area (Å²) in [6.45, 7) is 1.79. The molecule has 2 aromatic rings. The largest absolute Gasteiger partial charge is 0.397 e. The Morgan fingerprint density at radius 2 is 2.11 bits per heavy atom. The van der Waals surface area contributed by atoms with E-state index < -0.39 is 0 Å². The van der Waals surface area contributed by atoms with Gasteiger partial charge in [-0.3, -0.25) is 9.78 Å². The number of hydrogen-bond acceptors (Lipinski definition) is 4. The summed E-state index contributed by atoms with van der Waals surface area (Å²) >= 11 is 1.58. The summed E-state index contributed by atoms with van der Waals surface area (Å²) < 4.78 is 0. The molecule has 2 rings (SSSR count). The van der Waals surface area contributed by atoms with Crippen LogP contribution in [0, 0.1) is 6.92 Å². The second-order valence-electron chi connectivity index (χ2n) is 4.06. The molecule has 4 nitrogen and oxygen atoms in total. The molecule has 1 aromatic heterocycles. The lowest BCUT2D eigenvalue weighted by Crippen LogP contribution is -2.15. The van der Waals surface area contributed by atoms with Gasteiger partial charge in [0.1, 0.15) is 0 Å². The molecule has 0 bridgehead atoms. The van der Waals surface area contributed by atoms with Gasteiger partial charge in [0.15, 0.2) is 0 Å². The zero-order valence-corrected chi connectivity index (χ0v) is 11.6. The summed E-state index contributed by atoms with van der Waals surface area (Å²) in [5.74, 6) is -0.196. The number of benzene rings is 1. The third-order valence-corrected chi connectivity index (χ3v) is 3.50. The van der Waals surface area contributed by atoms with Crippen molar-refractivity contribution < 1.29 is 4.79 Å². The predicted molar refractivity (Wildman–Crippen MR) is 79.6 cm³/mol. The van der Waals surface area contributed by atoms with Crippen LogP contribution < -0.4 is 11.1 Å². The van der Waals surface area contributed by atoms with E-state index in [4.69, 9.17) is 5.73 Å². The van der Waals surface area contributed by atoms with Crippen LogP contribution in [-0.2, 0) is 0 Å². The van der Waals surface area contributed by atoms with Gasteiger partial charge in [-0.05, 0) is 31.4 Å². The fraction of sp³-hybridized carbons (Fsp3) is 0.143. The van der Waals surface area contributed by atoms with Gasteiger partial charge < -0.3 is 11.1 Å². The number of carbonyl (C=O) groups is 1. The third kappa shape index (κ3) is 3.06. The fourth-order valence-electron chi connectivity index (χ4n) is 1.72. The van der Waals surface area contributed by atoms with Gasteiger partial charge in [-0.2, -0.15) is 0 Å². The molecule has 0 aliphatic rings. The van der Waals surface area contributed by atoms with Crippen LogP contribution in [0.2, 0.25) is 0 Å². The summed E-state index contributed by atoms with van der Waals surface area (Å²) in [6.07, 6.45) is 3.51. The summed E-state index contributed by atoms with van der Waals surface area (Å²) in [4.78, 5) is 17.4. The molecule has 1 heterocycles. The Balaban J connectivity index is 2.28. The molecule has 0 spiro atoms. The van der Waals surface area contributed by atoms with Crippen molar-refractivity contribution in [3.05, 3.63) is 47.8 Å². The Morgan fingerprint density at radius 1 is 1.37 bits per heavy atom. The first kappa shape index (κ1) is 13.4. The second kappa shape index (κ2) is 5.75. The molecule has 0 saturated heterocycles. The highest BCUT2D eigenvalue weighted by Gasteiger charge is 2.12. The van der Waals surface area contributed by atoms with E-state index in [9.17, 15) is 4.79 Å². The zero-order chi connectivity index (χ0) is 13.8. The van der Waals surface area contributed by atoms with Gasteiger partial charge in [-0.25, -0.2) is 0 Å². The topological polar surface area (TPSA) is 68.0 Å². The number of rotatable bonds is 3. The first-order chi connectivity index (χ1) is 9.11. The maximum absolute atomic E-state index is 12.2. The molecular formula is C14H15N3OS. The monoisotopic (exact) mass is 273 g/mol. The summed E-state index contributed by atoms with van der Waals surface area (Å²) in [5.41, 5.74) is 8.10. The minimum Gasteiger partial charge on any atom is -0.397 e. The standard InChI is InChI=1S/C14H15N3OS/c1-9-11(7-10(15)8-16-9)14(18)17-12-5-3-4-6-13(12)19-2/h3-8H,15H2,1-2H3,(H,17,18). The molecule has 0 fully saturated rings. The number of thioether (sulfide) groups is 1. The number of amides is 1. The number of anilines is 2. The Kier molecular flexibility index (Phi) is 4.06. The molecule has 0 radical (unpaired) electrons. The number of nitrogens with two attached hydrogens (primary N) is 1. The highest BCUT2D eigenvalue weighted by molar-refractivity contribution is 7.98. The molecule has 3 N–H and O–H groups in total. The molecule has 98 valence electrons. The average Bonchev–Trinajstić information content (AvgIpc) is 2.42. The quantitative estimate of drug-likeness (QED) is 0.844. The fourth-order valence-corrected chi connectivity index (χ4v) is 2.27. The Bertz CT molecular complexity index is 613. The van der Waals surface area contributed by atoms with Crippen LogP contribution >= 0.6 is 11.8 Å².